The lowest BCUT2D eigenvalue weighted by molar-refractivity contribution is 0.424. The van der Waals surface area contributed by atoms with E-state index in [2.05, 4.69) is 34.3 Å². The predicted octanol–water partition coefficient (Wildman–Crippen LogP) is 2.08. The van der Waals surface area contributed by atoms with Crippen LogP contribution >= 0.6 is 0 Å². The maximum Gasteiger partial charge on any atom is 0.221 e. The molecule has 1 heterocycles. The van der Waals surface area contributed by atoms with Crippen LogP contribution in [0.4, 0.5) is 11.8 Å². The molecule has 0 saturated heterocycles. The lowest BCUT2D eigenvalue weighted by Gasteiger charge is -2.24. The van der Waals surface area contributed by atoms with Crippen molar-refractivity contribution in [2.75, 3.05) is 38.2 Å². The van der Waals surface area contributed by atoms with Crippen molar-refractivity contribution in [2.24, 2.45) is 0 Å². The summed E-state index contributed by atoms with van der Waals surface area (Å²) in [6, 6.07) is 0. The van der Waals surface area contributed by atoms with Gasteiger partial charge in [-0.15, -0.1) is 0 Å². The summed E-state index contributed by atoms with van der Waals surface area (Å²) in [4.78, 5) is 10.7. The molecule has 0 spiro atoms. The first kappa shape index (κ1) is 14.1. The van der Waals surface area contributed by atoms with Crippen LogP contribution in [0.2, 0.25) is 0 Å². The number of hydrogen-bond acceptors (Lipinski definition) is 5. The van der Waals surface area contributed by atoms with Crippen molar-refractivity contribution in [3.8, 4) is 0 Å². The van der Waals surface area contributed by atoms with Crippen molar-refractivity contribution in [3.05, 3.63) is 11.8 Å². The van der Waals surface area contributed by atoms with E-state index in [0.717, 1.165) is 18.9 Å². The lowest BCUT2D eigenvalue weighted by atomic mass is 9.85. The number of likely N-dealkylation sites (N-methyl/N-ethyl adjacent to an activating group) is 1. The van der Waals surface area contributed by atoms with Gasteiger partial charge in [-0.2, -0.15) is 4.98 Å². The van der Waals surface area contributed by atoms with Crippen molar-refractivity contribution < 1.29 is 0 Å². The van der Waals surface area contributed by atoms with Gasteiger partial charge < -0.3 is 16.0 Å². The topological polar surface area (TPSA) is 67.1 Å². The summed E-state index contributed by atoms with van der Waals surface area (Å²) >= 11 is 0. The van der Waals surface area contributed by atoms with E-state index in [1.807, 2.05) is 6.20 Å². The Morgan fingerprint density at radius 3 is 2.74 bits per heavy atom. The van der Waals surface area contributed by atoms with E-state index in [9.17, 15) is 0 Å². The zero-order chi connectivity index (χ0) is 13.7. The summed E-state index contributed by atoms with van der Waals surface area (Å²) in [5.41, 5.74) is 6.96. The zero-order valence-corrected chi connectivity index (χ0v) is 12.0. The van der Waals surface area contributed by atoms with Crippen molar-refractivity contribution >= 4 is 11.8 Å². The maximum absolute atomic E-state index is 5.72. The molecule has 1 saturated carbocycles. The third kappa shape index (κ3) is 4.06. The molecule has 0 bridgehead atoms. The Morgan fingerprint density at radius 2 is 2.05 bits per heavy atom. The number of hydrogen-bond donors (Lipinski definition) is 2. The molecule has 5 heteroatoms. The second kappa shape index (κ2) is 6.70. The average molecular weight is 263 g/mol. The summed E-state index contributed by atoms with van der Waals surface area (Å²) in [5.74, 6) is 1.88. The largest absolute Gasteiger partial charge is 0.368 e. The highest BCUT2D eigenvalue weighted by Crippen LogP contribution is 2.35. The van der Waals surface area contributed by atoms with Gasteiger partial charge in [0.05, 0.1) is 0 Å². The van der Waals surface area contributed by atoms with Crippen LogP contribution in [0.25, 0.3) is 0 Å². The fourth-order valence-corrected chi connectivity index (χ4v) is 2.66. The van der Waals surface area contributed by atoms with Crippen molar-refractivity contribution in [1.29, 1.82) is 0 Å². The van der Waals surface area contributed by atoms with Crippen molar-refractivity contribution in [2.45, 2.75) is 38.0 Å². The molecule has 1 fully saturated rings. The Bertz CT molecular complexity index is 399. The highest BCUT2D eigenvalue weighted by molar-refractivity contribution is 5.48. The molecule has 1 aromatic heterocycles. The number of rotatable bonds is 5. The summed E-state index contributed by atoms with van der Waals surface area (Å²) in [6.45, 7) is 1.86. The lowest BCUT2D eigenvalue weighted by Crippen LogP contribution is -2.22. The SMILES string of the molecule is CN(C)CCNc1nc(N)ncc1C1CCCCC1. The first-order valence-electron chi connectivity index (χ1n) is 7.18. The van der Waals surface area contributed by atoms with Gasteiger partial charge in [0.1, 0.15) is 5.82 Å². The van der Waals surface area contributed by atoms with Gasteiger partial charge in [0.2, 0.25) is 5.95 Å². The normalized spacial score (nSPS) is 16.8. The van der Waals surface area contributed by atoms with Crippen molar-refractivity contribution in [3.63, 3.8) is 0 Å². The third-order valence-electron chi connectivity index (χ3n) is 3.73. The Hall–Kier alpha value is -1.36. The number of aromatic nitrogens is 2. The molecular formula is C14H25N5. The quantitative estimate of drug-likeness (QED) is 0.851. The first-order valence-corrected chi connectivity index (χ1v) is 7.18. The summed E-state index contributed by atoms with van der Waals surface area (Å²) in [7, 11) is 4.14. The molecule has 106 valence electrons. The molecule has 1 aromatic rings. The minimum atomic E-state index is 0.354. The van der Waals surface area contributed by atoms with E-state index in [0.29, 0.717) is 11.9 Å². The van der Waals surface area contributed by atoms with Crippen LogP contribution in [0.3, 0.4) is 0 Å². The molecule has 3 N–H and O–H groups in total. The standard InChI is InChI=1S/C14H25N5/c1-19(2)9-8-16-13-12(10-17-14(15)18-13)11-6-4-3-5-7-11/h10-11H,3-9H2,1-2H3,(H3,15,16,17,18). The summed E-state index contributed by atoms with van der Waals surface area (Å²) in [6.07, 6.45) is 8.38. The molecule has 2 rings (SSSR count). The van der Waals surface area contributed by atoms with Crippen LogP contribution in [-0.2, 0) is 0 Å². The molecule has 0 atom stereocenters. The van der Waals surface area contributed by atoms with Gasteiger partial charge >= 0.3 is 0 Å². The molecule has 0 amide bonds. The van der Waals surface area contributed by atoms with Gasteiger partial charge in [-0.25, -0.2) is 4.98 Å². The van der Waals surface area contributed by atoms with E-state index in [-0.39, 0.29) is 0 Å². The van der Waals surface area contributed by atoms with Crippen LogP contribution < -0.4 is 11.1 Å². The highest BCUT2D eigenvalue weighted by Gasteiger charge is 2.20. The van der Waals surface area contributed by atoms with Gasteiger partial charge in [0, 0.05) is 24.8 Å². The monoisotopic (exact) mass is 263 g/mol. The zero-order valence-electron chi connectivity index (χ0n) is 12.0. The third-order valence-corrected chi connectivity index (χ3v) is 3.73. The number of anilines is 2. The Labute approximate surface area is 115 Å². The number of nitrogens with zero attached hydrogens (tertiary/aromatic N) is 3. The Morgan fingerprint density at radius 1 is 1.32 bits per heavy atom. The Balaban J connectivity index is 2.08. The minimum absolute atomic E-state index is 0.354. The van der Waals surface area contributed by atoms with E-state index >= 15 is 0 Å². The number of nitrogens with two attached hydrogens (primary N) is 1. The smallest absolute Gasteiger partial charge is 0.221 e. The van der Waals surface area contributed by atoms with Gasteiger partial charge in [-0.1, -0.05) is 19.3 Å². The number of nitrogens with one attached hydrogen (secondary N) is 1. The molecular weight excluding hydrogens is 238 g/mol. The molecule has 0 radical (unpaired) electrons. The molecule has 1 aliphatic rings. The molecule has 0 unspecified atom stereocenters. The fraction of sp³-hybridized carbons (Fsp3) is 0.714. The molecule has 0 aliphatic heterocycles. The molecule has 1 aliphatic carbocycles. The number of nitrogen functional groups attached to an aromatic ring is 1. The maximum atomic E-state index is 5.72. The molecule has 19 heavy (non-hydrogen) atoms. The van der Waals surface area contributed by atoms with Gasteiger partial charge in [0.25, 0.3) is 0 Å². The fourth-order valence-electron chi connectivity index (χ4n) is 2.66. The average Bonchev–Trinajstić information content (AvgIpc) is 2.39. The van der Waals surface area contributed by atoms with E-state index in [4.69, 9.17) is 5.73 Å². The Kier molecular flexibility index (Phi) is 4.96. The molecule has 5 nitrogen and oxygen atoms in total. The van der Waals surface area contributed by atoms with Crippen LogP contribution in [0, 0.1) is 0 Å². The van der Waals surface area contributed by atoms with Crippen LogP contribution in [0.5, 0.6) is 0 Å². The van der Waals surface area contributed by atoms with E-state index in [1.165, 1.54) is 37.7 Å². The van der Waals surface area contributed by atoms with E-state index < -0.39 is 0 Å². The second-order valence-corrected chi connectivity index (χ2v) is 5.60. The second-order valence-electron chi connectivity index (χ2n) is 5.60. The van der Waals surface area contributed by atoms with Gasteiger partial charge in [-0.3, -0.25) is 0 Å². The van der Waals surface area contributed by atoms with Crippen LogP contribution in [0.15, 0.2) is 6.20 Å². The molecule has 0 aromatic carbocycles. The van der Waals surface area contributed by atoms with Crippen LogP contribution in [0.1, 0.15) is 43.6 Å². The van der Waals surface area contributed by atoms with E-state index in [1.54, 1.807) is 0 Å². The minimum Gasteiger partial charge on any atom is -0.368 e. The summed E-state index contributed by atoms with van der Waals surface area (Å²) < 4.78 is 0. The summed E-state index contributed by atoms with van der Waals surface area (Å²) in [5, 5.41) is 3.41. The first-order chi connectivity index (χ1) is 9.16. The van der Waals surface area contributed by atoms with Gasteiger partial charge in [-0.05, 0) is 32.9 Å². The predicted molar refractivity (Wildman–Crippen MR) is 79.3 cm³/mol. The highest BCUT2D eigenvalue weighted by atomic mass is 15.1. The van der Waals surface area contributed by atoms with Crippen molar-refractivity contribution in [1.82, 2.24) is 14.9 Å². The van der Waals surface area contributed by atoms with Gasteiger partial charge in [0.15, 0.2) is 0 Å². The van der Waals surface area contributed by atoms with Crippen LogP contribution in [-0.4, -0.2) is 42.1 Å².